The van der Waals surface area contributed by atoms with E-state index < -0.39 is 4.92 Å². The minimum absolute atomic E-state index is 0.0493. The molecule has 1 N–H and O–H groups in total. The van der Waals surface area contributed by atoms with Crippen LogP contribution in [0.1, 0.15) is 18.5 Å². The van der Waals surface area contributed by atoms with Crippen molar-refractivity contribution in [3.05, 3.63) is 70.4 Å². The van der Waals surface area contributed by atoms with Gasteiger partial charge in [-0.2, -0.15) is 5.10 Å². The quantitative estimate of drug-likeness (QED) is 0.542. The molecule has 2 aromatic carbocycles. The van der Waals surface area contributed by atoms with Gasteiger partial charge in [-0.15, -0.1) is 0 Å². The predicted octanol–water partition coefficient (Wildman–Crippen LogP) is 3.48. The molecule has 1 fully saturated rings. The second kappa shape index (κ2) is 6.61. The molecule has 1 aromatic heterocycles. The van der Waals surface area contributed by atoms with Crippen LogP contribution in [0.3, 0.4) is 0 Å². The van der Waals surface area contributed by atoms with E-state index in [4.69, 9.17) is 4.74 Å². The summed E-state index contributed by atoms with van der Waals surface area (Å²) in [4.78, 5) is 11.0. The van der Waals surface area contributed by atoms with E-state index in [2.05, 4.69) is 5.10 Å². The Balaban J connectivity index is 1.83. The van der Waals surface area contributed by atoms with E-state index in [0.717, 1.165) is 24.2 Å². The molecule has 132 valence electrons. The number of para-hydroxylation sites is 2. The lowest BCUT2D eigenvalue weighted by molar-refractivity contribution is -0.384. The molecule has 0 radical (unpaired) electrons. The summed E-state index contributed by atoms with van der Waals surface area (Å²) in [6, 6.07) is 15.7. The van der Waals surface area contributed by atoms with Crippen molar-refractivity contribution in [3.63, 3.8) is 0 Å². The van der Waals surface area contributed by atoms with Crippen LogP contribution in [0.25, 0.3) is 16.9 Å². The zero-order valence-corrected chi connectivity index (χ0v) is 13.9. The van der Waals surface area contributed by atoms with Crippen molar-refractivity contribution in [2.45, 2.75) is 25.6 Å². The van der Waals surface area contributed by atoms with Gasteiger partial charge in [-0.05, 0) is 37.1 Å². The number of aliphatic hydroxyl groups excluding tert-OH is 1. The number of nitrogens with zero attached hydrogens (tertiary/aromatic N) is 3. The summed E-state index contributed by atoms with van der Waals surface area (Å²) in [6.07, 6.45) is 2.40. The van der Waals surface area contributed by atoms with Crippen LogP contribution < -0.4 is 4.74 Å². The molecular weight excluding hydrogens is 334 g/mol. The van der Waals surface area contributed by atoms with Crippen molar-refractivity contribution < 1.29 is 14.8 Å². The zero-order valence-electron chi connectivity index (χ0n) is 13.9. The molecule has 0 atom stereocenters. The zero-order chi connectivity index (χ0) is 18.1. The first-order chi connectivity index (χ1) is 12.7. The highest BCUT2D eigenvalue weighted by atomic mass is 16.6. The fourth-order valence-electron chi connectivity index (χ4n) is 2.80. The van der Waals surface area contributed by atoms with Crippen molar-refractivity contribution in [2.75, 3.05) is 0 Å². The third kappa shape index (κ3) is 3.16. The van der Waals surface area contributed by atoms with Crippen LogP contribution >= 0.6 is 0 Å². The Hall–Kier alpha value is -3.19. The van der Waals surface area contributed by atoms with E-state index in [0.29, 0.717) is 17.1 Å². The van der Waals surface area contributed by atoms with E-state index >= 15 is 0 Å². The molecule has 1 heterocycles. The normalized spacial score (nSPS) is 13.6. The Morgan fingerprint density at radius 2 is 2.00 bits per heavy atom. The topological polar surface area (TPSA) is 90.4 Å². The van der Waals surface area contributed by atoms with Crippen LogP contribution in [0.4, 0.5) is 5.69 Å². The molecule has 0 unspecified atom stereocenters. The van der Waals surface area contributed by atoms with E-state index in [1.54, 1.807) is 24.3 Å². The molecule has 1 saturated carbocycles. The predicted molar refractivity (Wildman–Crippen MR) is 95.2 cm³/mol. The molecule has 0 aliphatic heterocycles. The van der Waals surface area contributed by atoms with Crippen molar-refractivity contribution >= 4 is 5.69 Å². The first-order valence-corrected chi connectivity index (χ1v) is 8.36. The van der Waals surface area contributed by atoms with E-state index in [-0.39, 0.29) is 18.4 Å². The number of hydrogen-bond donors (Lipinski definition) is 1. The number of rotatable bonds is 6. The van der Waals surface area contributed by atoms with Gasteiger partial charge in [0.25, 0.3) is 5.69 Å². The number of aliphatic hydroxyl groups is 1. The minimum Gasteiger partial charge on any atom is -0.490 e. The first-order valence-electron chi connectivity index (χ1n) is 8.36. The van der Waals surface area contributed by atoms with Crippen LogP contribution in [0, 0.1) is 10.1 Å². The molecular formula is C19H17N3O4. The third-order valence-electron chi connectivity index (χ3n) is 4.19. The Labute approximate surface area is 149 Å². The van der Waals surface area contributed by atoms with E-state index in [9.17, 15) is 15.2 Å². The van der Waals surface area contributed by atoms with E-state index in [1.807, 2.05) is 24.3 Å². The largest absolute Gasteiger partial charge is 0.490 e. The monoisotopic (exact) mass is 351 g/mol. The summed E-state index contributed by atoms with van der Waals surface area (Å²) in [5.41, 5.74) is 2.21. The van der Waals surface area contributed by atoms with Crippen molar-refractivity contribution in [1.29, 1.82) is 0 Å². The lowest BCUT2D eigenvalue weighted by atomic mass is 10.1. The van der Waals surface area contributed by atoms with Gasteiger partial charge in [0.2, 0.25) is 0 Å². The molecule has 4 rings (SSSR count). The fraction of sp³-hybridized carbons (Fsp3) is 0.211. The minimum atomic E-state index is -0.438. The molecule has 26 heavy (non-hydrogen) atoms. The van der Waals surface area contributed by atoms with Crippen molar-refractivity contribution in [1.82, 2.24) is 9.78 Å². The van der Waals surface area contributed by atoms with E-state index in [1.165, 1.54) is 10.7 Å². The number of nitro benzene ring substituents is 1. The molecule has 0 amide bonds. The van der Waals surface area contributed by atoms with Crippen LogP contribution in [0.15, 0.2) is 54.6 Å². The number of aromatic nitrogens is 2. The number of benzene rings is 2. The molecule has 7 heteroatoms. The summed E-state index contributed by atoms with van der Waals surface area (Å²) < 4.78 is 7.34. The second-order valence-corrected chi connectivity index (χ2v) is 6.18. The maximum atomic E-state index is 11.4. The molecule has 0 spiro atoms. The standard InChI is InChI=1S/C19H17N3O4/c23-12-14-11-19(13-4-3-5-16(10-13)26-15-8-9-15)21(20-14)17-6-1-2-7-18(17)22(24)25/h1-7,10-11,15,23H,8-9,12H2. The van der Waals surface area contributed by atoms with Gasteiger partial charge >= 0.3 is 0 Å². The molecule has 0 bridgehead atoms. The molecule has 7 nitrogen and oxygen atoms in total. The lowest BCUT2D eigenvalue weighted by Gasteiger charge is -2.10. The van der Waals surface area contributed by atoms with Gasteiger partial charge in [0, 0.05) is 11.6 Å². The number of hydrogen-bond acceptors (Lipinski definition) is 5. The third-order valence-corrected chi connectivity index (χ3v) is 4.19. The summed E-state index contributed by atoms with van der Waals surface area (Å²) in [5.74, 6) is 0.755. The van der Waals surface area contributed by atoms with Gasteiger partial charge in [-0.25, -0.2) is 4.68 Å². The SMILES string of the molecule is O=[N+]([O-])c1ccccc1-n1nc(CO)cc1-c1cccc(OC2CC2)c1. The van der Waals surface area contributed by atoms with Gasteiger partial charge in [-0.3, -0.25) is 10.1 Å². The van der Waals surface area contributed by atoms with Gasteiger partial charge in [0.1, 0.15) is 11.4 Å². The Morgan fingerprint density at radius 3 is 2.73 bits per heavy atom. The highest BCUT2D eigenvalue weighted by molar-refractivity contribution is 5.66. The first kappa shape index (κ1) is 16.3. The second-order valence-electron chi connectivity index (χ2n) is 6.18. The smallest absolute Gasteiger partial charge is 0.294 e. The molecule has 1 aliphatic rings. The maximum absolute atomic E-state index is 11.4. The van der Waals surface area contributed by atoms with Crippen molar-refractivity contribution in [2.24, 2.45) is 0 Å². The van der Waals surface area contributed by atoms with Crippen molar-refractivity contribution in [3.8, 4) is 22.7 Å². The average molecular weight is 351 g/mol. The van der Waals surface area contributed by atoms with Crippen LogP contribution in [0.2, 0.25) is 0 Å². The Bertz CT molecular complexity index is 963. The van der Waals surface area contributed by atoms with Gasteiger partial charge in [-0.1, -0.05) is 24.3 Å². The highest BCUT2D eigenvalue weighted by Gasteiger charge is 2.24. The highest BCUT2D eigenvalue weighted by Crippen LogP contribution is 2.32. The van der Waals surface area contributed by atoms with Crippen LogP contribution in [-0.2, 0) is 6.61 Å². The summed E-state index contributed by atoms with van der Waals surface area (Å²) in [6.45, 7) is -0.251. The van der Waals surface area contributed by atoms with Gasteiger partial charge in [0.15, 0.2) is 0 Å². The van der Waals surface area contributed by atoms with Crippen LogP contribution in [0.5, 0.6) is 5.75 Å². The molecule has 1 aliphatic carbocycles. The fourth-order valence-corrected chi connectivity index (χ4v) is 2.80. The summed E-state index contributed by atoms with van der Waals surface area (Å²) in [7, 11) is 0. The van der Waals surface area contributed by atoms with Gasteiger partial charge < -0.3 is 9.84 Å². The van der Waals surface area contributed by atoms with Gasteiger partial charge in [0.05, 0.1) is 29.0 Å². The Kier molecular flexibility index (Phi) is 4.14. The maximum Gasteiger partial charge on any atom is 0.294 e. The molecule has 3 aromatic rings. The summed E-state index contributed by atoms with van der Waals surface area (Å²) >= 11 is 0. The average Bonchev–Trinajstić information content (AvgIpc) is 3.36. The number of nitro groups is 1. The summed E-state index contributed by atoms with van der Waals surface area (Å²) in [5, 5.41) is 25.2. The van der Waals surface area contributed by atoms with Crippen LogP contribution in [-0.4, -0.2) is 25.9 Å². The number of ether oxygens (including phenoxy) is 1. The lowest BCUT2D eigenvalue weighted by Crippen LogP contribution is -2.04. The Morgan fingerprint density at radius 1 is 1.19 bits per heavy atom. The molecule has 0 saturated heterocycles.